The zero-order valence-electron chi connectivity index (χ0n) is 8.59. The summed E-state index contributed by atoms with van der Waals surface area (Å²) in [5, 5.41) is 21.9. The molecule has 2 unspecified atom stereocenters. The van der Waals surface area contributed by atoms with Crippen molar-refractivity contribution in [2.75, 3.05) is 12.3 Å². The molecule has 0 radical (unpaired) electrons. The van der Waals surface area contributed by atoms with Gasteiger partial charge in [0.2, 0.25) is 0 Å². The summed E-state index contributed by atoms with van der Waals surface area (Å²) >= 11 is 0. The van der Waals surface area contributed by atoms with Crippen LogP contribution in [0.1, 0.15) is 11.7 Å². The lowest BCUT2D eigenvalue weighted by molar-refractivity contribution is 0.0219. The number of benzene rings is 1. The number of halogens is 2. The van der Waals surface area contributed by atoms with Crippen molar-refractivity contribution < 1.29 is 19.0 Å². The predicted octanol–water partition coefficient (Wildman–Crippen LogP) is 1.25. The number of anilines is 1. The average molecular weight is 244 g/mol. The Morgan fingerprint density at radius 1 is 1.35 bits per heavy atom. The molecule has 8 heteroatoms. The smallest absolute Gasteiger partial charge is 0.182 e. The zero-order chi connectivity index (χ0) is 13.0. The first-order chi connectivity index (χ1) is 7.99. The van der Waals surface area contributed by atoms with Gasteiger partial charge in [-0.05, 0) is 11.6 Å². The van der Waals surface area contributed by atoms with Gasteiger partial charge < -0.3 is 15.9 Å². The molecule has 1 rings (SSSR count). The average Bonchev–Trinajstić information content (AvgIpc) is 2.32. The molecule has 0 heterocycles. The van der Waals surface area contributed by atoms with Crippen molar-refractivity contribution in [3.63, 3.8) is 0 Å². The third-order valence-electron chi connectivity index (χ3n) is 2.16. The van der Waals surface area contributed by atoms with Gasteiger partial charge in [0, 0.05) is 10.5 Å². The molecular formula is C9H10F2N4O2. The second-order valence-corrected chi connectivity index (χ2v) is 3.30. The Morgan fingerprint density at radius 3 is 2.59 bits per heavy atom. The Morgan fingerprint density at radius 2 is 2.00 bits per heavy atom. The van der Waals surface area contributed by atoms with E-state index in [1.807, 2.05) is 0 Å². The van der Waals surface area contributed by atoms with E-state index in [2.05, 4.69) is 10.0 Å². The second-order valence-electron chi connectivity index (χ2n) is 3.30. The Balaban J connectivity index is 3.00. The van der Waals surface area contributed by atoms with Gasteiger partial charge >= 0.3 is 0 Å². The molecule has 0 amide bonds. The predicted molar refractivity (Wildman–Crippen MR) is 55.8 cm³/mol. The van der Waals surface area contributed by atoms with Crippen LogP contribution < -0.4 is 5.73 Å². The lowest BCUT2D eigenvalue weighted by Gasteiger charge is -2.17. The van der Waals surface area contributed by atoms with Crippen LogP contribution in [0.3, 0.4) is 0 Å². The van der Waals surface area contributed by atoms with Crippen LogP contribution in [0.2, 0.25) is 0 Å². The molecular weight excluding hydrogens is 234 g/mol. The summed E-state index contributed by atoms with van der Waals surface area (Å²) in [4.78, 5) is 2.37. The molecule has 6 nitrogen and oxygen atoms in total. The highest BCUT2D eigenvalue weighted by Gasteiger charge is 2.23. The molecule has 0 saturated carbocycles. The van der Waals surface area contributed by atoms with E-state index in [1.54, 1.807) is 0 Å². The van der Waals surface area contributed by atoms with E-state index < -0.39 is 41.6 Å². The third kappa shape index (κ3) is 2.82. The Labute approximate surface area is 94.9 Å². The number of aliphatic hydroxyl groups excluding tert-OH is 2. The Kier molecular flexibility index (Phi) is 4.22. The van der Waals surface area contributed by atoms with Gasteiger partial charge in [0.25, 0.3) is 0 Å². The molecule has 2 atom stereocenters. The van der Waals surface area contributed by atoms with Gasteiger partial charge in [0.1, 0.15) is 6.10 Å². The van der Waals surface area contributed by atoms with Crippen LogP contribution in [0, 0.1) is 11.6 Å². The number of nitrogens with zero attached hydrogens (tertiary/aromatic N) is 3. The minimum Gasteiger partial charge on any atom is -0.396 e. The number of nitrogens with two attached hydrogens (primary N) is 1. The molecule has 0 aliphatic carbocycles. The molecule has 17 heavy (non-hydrogen) atoms. The molecule has 0 bridgehead atoms. The van der Waals surface area contributed by atoms with E-state index in [4.69, 9.17) is 11.3 Å². The van der Waals surface area contributed by atoms with Crippen molar-refractivity contribution in [3.8, 4) is 0 Å². The number of nitrogen functional groups attached to an aromatic ring is 1. The van der Waals surface area contributed by atoms with Crippen molar-refractivity contribution in [3.05, 3.63) is 39.8 Å². The first-order valence-electron chi connectivity index (χ1n) is 4.59. The summed E-state index contributed by atoms with van der Waals surface area (Å²) in [5.74, 6) is -2.63. The number of aliphatic hydroxyl groups is 2. The molecule has 0 aliphatic heterocycles. The van der Waals surface area contributed by atoms with E-state index in [-0.39, 0.29) is 0 Å². The summed E-state index contributed by atoms with van der Waals surface area (Å²) < 4.78 is 26.5. The van der Waals surface area contributed by atoms with E-state index in [1.165, 1.54) is 0 Å². The van der Waals surface area contributed by atoms with Crippen molar-refractivity contribution in [1.82, 2.24) is 0 Å². The minimum absolute atomic E-state index is 0.400. The summed E-state index contributed by atoms with van der Waals surface area (Å²) in [6.07, 6.45) is -3.22. The summed E-state index contributed by atoms with van der Waals surface area (Å²) in [6.45, 7) is -0.455. The molecule has 92 valence electrons. The van der Waals surface area contributed by atoms with Crippen LogP contribution in [-0.4, -0.2) is 22.9 Å². The summed E-state index contributed by atoms with van der Waals surface area (Å²) in [5.41, 5.74) is 12.3. The molecule has 0 spiro atoms. The van der Waals surface area contributed by atoms with Crippen molar-refractivity contribution in [2.45, 2.75) is 12.2 Å². The quantitative estimate of drug-likeness (QED) is 0.320. The molecule has 1 aromatic carbocycles. The van der Waals surface area contributed by atoms with Gasteiger partial charge in [-0.2, -0.15) is 0 Å². The van der Waals surface area contributed by atoms with Crippen molar-refractivity contribution >= 4 is 5.69 Å². The van der Waals surface area contributed by atoms with Gasteiger partial charge in [-0.15, -0.1) is 0 Å². The van der Waals surface area contributed by atoms with Crippen LogP contribution in [0.25, 0.3) is 10.4 Å². The Hall–Kier alpha value is -1.89. The van der Waals surface area contributed by atoms with Crippen LogP contribution in [0.5, 0.6) is 0 Å². The molecule has 0 aromatic heterocycles. The highest BCUT2D eigenvalue weighted by Crippen LogP contribution is 2.25. The van der Waals surface area contributed by atoms with E-state index in [0.717, 1.165) is 12.1 Å². The van der Waals surface area contributed by atoms with Gasteiger partial charge in [0.15, 0.2) is 11.6 Å². The van der Waals surface area contributed by atoms with Crippen LogP contribution >= 0.6 is 0 Å². The van der Waals surface area contributed by atoms with Crippen LogP contribution in [0.4, 0.5) is 14.5 Å². The van der Waals surface area contributed by atoms with E-state index >= 15 is 0 Å². The first kappa shape index (κ1) is 13.2. The topological polar surface area (TPSA) is 115 Å². The second kappa shape index (κ2) is 5.44. The van der Waals surface area contributed by atoms with Crippen LogP contribution in [0.15, 0.2) is 17.2 Å². The minimum atomic E-state index is -1.70. The van der Waals surface area contributed by atoms with Crippen molar-refractivity contribution in [1.29, 1.82) is 0 Å². The fourth-order valence-corrected chi connectivity index (χ4v) is 1.24. The zero-order valence-corrected chi connectivity index (χ0v) is 8.59. The maximum atomic E-state index is 13.4. The molecule has 4 N–H and O–H groups in total. The van der Waals surface area contributed by atoms with E-state index in [9.17, 15) is 19.0 Å². The molecule has 0 saturated heterocycles. The number of hydrogen-bond acceptors (Lipinski definition) is 4. The Bertz CT molecular complexity index is 463. The maximum absolute atomic E-state index is 13.4. The first-order valence-corrected chi connectivity index (χ1v) is 4.59. The van der Waals surface area contributed by atoms with Gasteiger partial charge in [-0.25, -0.2) is 8.78 Å². The number of azide groups is 1. The van der Waals surface area contributed by atoms with Crippen LogP contribution in [-0.2, 0) is 0 Å². The molecule has 1 aromatic rings. The third-order valence-corrected chi connectivity index (χ3v) is 2.16. The van der Waals surface area contributed by atoms with Gasteiger partial charge in [-0.1, -0.05) is 11.2 Å². The normalized spacial score (nSPS) is 13.9. The van der Waals surface area contributed by atoms with Gasteiger partial charge in [-0.3, -0.25) is 0 Å². The lowest BCUT2D eigenvalue weighted by Crippen LogP contribution is -2.22. The molecule has 0 aliphatic rings. The lowest BCUT2D eigenvalue weighted by atomic mass is 10.0. The number of hydrogen-bond donors (Lipinski definition) is 3. The van der Waals surface area contributed by atoms with Gasteiger partial charge in [0.05, 0.1) is 18.3 Å². The molecule has 0 fully saturated rings. The maximum Gasteiger partial charge on any atom is 0.182 e. The highest BCUT2D eigenvalue weighted by molar-refractivity contribution is 5.43. The fraction of sp³-hybridized carbons (Fsp3) is 0.333. The summed E-state index contributed by atoms with van der Waals surface area (Å²) in [7, 11) is 0. The summed E-state index contributed by atoms with van der Waals surface area (Å²) in [6, 6.07) is 2.12. The standard InChI is InChI=1S/C9H10F2N4O2/c10-7-4(1-2-5(12)8(7)11)9(17)6(16)3-14-15-13/h1-2,6,9,16-17H,3,12H2. The largest absolute Gasteiger partial charge is 0.396 e. The fourth-order valence-electron chi connectivity index (χ4n) is 1.24. The SMILES string of the molecule is [N-]=[N+]=NCC(O)C(O)c1ccc(N)c(F)c1F. The number of rotatable bonds is 4. The highest BCUT2D eigenvalue weighted by atomic mass is 19.2. The monoisotopic (exact) mass is 244 g/mol. The van der Waals surface area contributed by atoms with Crippen molar-refractivity contribution in [2.24, 2.45) is 5.11 Å². The van der Waals surface area contributed by atoms with E-state index in [0.29, 0.717) is 0 Å².